The van der Waals surface area contributed by atoms with Crippen molar-refractivity contribution in [2.45, 2.75) is 44.8 Å². The lowest BCUT2D eigenvalue weighted by Crippen LogP contribution is -2.53. The zero-order chi connectivity index (χ0) is 24.2. The normalized spacial score (nSPS) is 10.5. The molecular formula is C22H35N3O5S. The Morgan fingerprint density at radius 1 is 0.968 bits per heavy atom. The fraction of sp³-hybridized carbons (Fsp3) is 0.636. The number of ether oxygens (including phenoxy) is 4. The average Bonchev–Trinajstić information content (AvgIpc) is 2.65. The second-order valence-corrected chi connectivity index (χ2v) is 7.98. The maximum atomic E-state index is 11.1. The topological polar surface area (TPSA) is 118 Å². The quantitative estimate of drug-likeness (QED) is 0.216. The molecule has 0 aliphatic carbocycles. The molecule has 0 radical (unpaired) electrons. The lowest BCUT2D eigenvalue weighted by molar-refractivity contribution is -0.00408. The van der Waals surface area contributed by atoms with Crippen molar-refractivity contribution in [1.29, 1.82) is 0 Å². The van der Waals surface area contributed by atoms with E-state index in [4.69, 9.17) is 61.9 Å². The molecule has 0 fully saturated rings. The molecule has 174 valence electrons. The Labute approximate surface area is 192 Å². The largest absolute Gasteiger partial charge is 0.444 e. The SMILES string of the molecule is C#CCOCC(N)(COCC#C)COCC#C.CC(C)(C)OC(=O)NCCCC(N)=S. The van der Waals surface area contributed by atoms with Gasteiger partial charge in [0, 0.05) is 6.54 Å². The Hall–Kier alpha value is -2.32. The third-order valence-corrected chi connectivity index (χ3v) is 3.20. The van der Waals surface area contributed by atoms with Crippen molar-refractivity contribution in [2.75, 3.05) is 46.2 Å². The van der Waals surface area contributed by atoms with Crippen LogP contribution in [0, 0.1) is 37.0 Å². The van der Waals surface area contributed by atoms with Gasteiger partial charge in [0.15, 0.2) is 0 Å². The van der Waals surface area contributed by atoms with Crippen LogP contribution < -0.4 is 16.8 Å². The molecule has 0 aliphatic heterocycles. The number of nitrogens with one attached hydrogen (secondary N) is 1. The number of hydrogen-bond acceptors (Lipinski definition) is 7. The van der Waals surface area contributed by atoms with Crippen molar-refractivity contribution < 1.29 is 23.7 Å². The fourth-order valence-electron chi connectivity index (χ4n) is 1.83. The van der Waals surface area contributed by atoms with Gasteiger partial charge in [-0.15, -0.1) is 19.3 Å². The standard InChI is InChI=1S/C13H17NO3.C9H18N2O2S/c1-4-7-15-10-13(14,11-16-8-5-2)12-17-9-6-3;1-9(2,3)13-8(12)11-6-4-5-7(10)14/h1-3H,7-12,14H2;4-6H2,1-3H3,(H2,10,14)(H,11,12). The van der Waals surface area contributed by atoms with E-state index in [1.807, 2.05) is 20.8 Å². The Kier molecular flexibility index (Phi) is 18.4. The van der Waals surface area contributed by atoms with Gasteiger partial charge in [0.05, 0.1) is 30.3 Å². The molecule has 0 saturated carbocycles. The summed E-state index contributed by atoms with van der Waals surface area (Å²) in [4.78, 5) is 11.6. The van der Waals surface area contributed by atoms with Crippen LogP contribution >= 0.6 is 12.2 Å². The molecule has 1 amide bonds. The number of alkyl carbamates (subject to hydrolysis) is 1. The highest BCUT2D eigenvalue weighted by molar-refractivity contribution is 7.80. The van der Waals surface area contributed by atoms with Gasteiger partial charge in [0.25, 0.3) is 0 Å². The summed E-state index contributed by atoms with van der Waals surface area (Å²) in [7, 11) is 0. The minimum atomic E-state index is -0.801. The first-order valence-corrected chi connectivity index (χ1v) is 9.98. The number of terminal acetylenes is 3. The highest BCUT2D eigenvalue weighted by atomic mass is 32.1. The summed E-state index contributed by atoms with van der Waals surface area (Å²) < 4.78 is 20.6. The molecule has 0 aromatic carbocycles. The molecule has 0 spiro atoms. The molecule has 31 heavy (non-hydrogen) atoms. The van der Waals surface area contributed by atoms with Crippen LogP contribution in [0.3, 0.4) is 0 Å². The zero-order valence-corrected chi connectivity index (χ0v) is 19.5. The van der Waals surface area contributed by atoms with E-state index in [0.717, 1.165) is 6.42 Å². The van der Waals surface area contributed by atoms with E-state index in [0.29, 0.717) is 18.0 Å². The zero-order valence-electron chi connectivity index (χ0n) is 18.7. The van der Waals surface area contributed by atoms with E-state index in [1.165, 1.54) is 0 Å². The van der Waals surface area contributed by atoms with Crippen molar-refractivity contribution in [3.05, 3.63) is 0 Å². The number of nitrogens with two attached hydrogens (primary N) is 2. The van der Waals surface area contributed by atoms with Crippen molar-refractivity contribution >= 4 is 23.3 Å². The maximum absolute atomic E-state index is 11.1. The number of hydrogen-bond donors (Lipinski definition) is 3. The predicted octanol–water partition coefficient (Wildman–Crippen LogP) is 1.21. The molecular weight excluding hydrogens is 418 g/mol. The third-order valence-electron chi connectivity index (χ3n) is 2.99. The van der Waals surface area contributed by atoms with Gasteiger partial charge >= 0.3 is 6.09 Å². The number of thiocarbonyl (C=S) groups is 1. The molecule has 0 unspecified atom stereocenters. The molecule has 0 atom stereocenters. The molecule has 5 N–H and O–H groups in total. The van der Waals surface area contributed by atoms with Gasteiger partial charge < -0.3 is 35.7 Å². The summed E-state index contributed by atoms with van der Waals surface area (Å²) in [5, 5.41) is 2.62. The molecule has 0 aromatic heterocycles. The lowest BCUT2D eigenvalue weighted by Gasteiger charge is -2.27. The van der Waals surface area contributed by atoms with E-state index in [9.17, 15) is 4.79 Å². The van der Waals surface area contributed by atoms with Crippen molar-refractivity contribution in [3.63, 3.8) is 0 Å². The minimum absolute atomic E-state index is 0.184. The van der Waals surface area contributed by atoms with Gasteiger partial charge in [-0.25, -0.2) is 4.79 Å². The highest BCUT2D eigenvalue weighted by Gasteiger charge is 2.26. The number of carbonyl (C=O) groups excluding carboxylic acids is 1. The molecule has 0 heterocycles. The Bertz CT molecular complexity index is 591. The first-order chi connectivity index (χ1) is 14.5. The van der Waals surface area contributed by atoms with Crippen LogP contribution in [0.2, 0.25) is 0 Å². The molecule has 0 aliphatic rings. The molecule has 0 rings (SSSR count). The van der Waals surface area contributed by atoms with Crippen molar-refractivity contribution in [3.8, 4) is 37.0 Å². The van der Waals surface area contributed by atoms with Crippen LogP contribution in [0.5, 0.6) is 0 Å². The number of rotatable bonds is 13. The first-order valence-electron chi connectivity index (χ1n) is 9.57. The van der Waals surface area contributed by atoms with Gasteiger partial charge in [-0.2, -0.15) is 0 Å². The van der Waals surface area contributed by atoms with Crippen LogP contribution in [0.25, 0.3) is 0 Å². The van der Waals surface area contributed by atoms with Crippen LogP contribution in [0.4, 0.5) is 4.79 Å². The van der Waals surface area contributed by atoms with Gasteiger partial charge in [-0.3, -0.25) is 0 Å². The van der Waals surface area contributed by atoms with Gasteiger partial charge in [0.2, 0.25) is 0 Å². The summed E-state index contributed by atoms with van der Waals surface area (Å²) in [6.45, 7) is 7.19. The average molecular weight is 454 g/mol. The predicted molar refractivity (Wildman–Crippen MR) is 126 cm³/mol. The van der Waals surface area contributed by atoms with Crippen LogP contribution in [0.1, 0.15) is 33.6 Å². The minimum Gasteiger partial charge on any atom is -0.444 e. The highest BCUT2D eigenvalue weighted by Crippen LogP contribution is 2.06. The smallest absolute Gasteiger partial charge is 0.407 e. The Balaban J connectivity index is 0. The van der Waals surface area contributed by atoms with Gasteiger partial charge in [-0.05, 0) is 33.6 Å². The van der Waals surface area contributed by atoms with Crippen molar-refractivity contribution in [2.24, 2.45) is 11.5 Å². The van der Waals surface area contributed by atoms with Gasteiger partial charge in [-0.1, -0.05) is 30.0 Å². The number of amides is 1. The molecule has 0 bridgehead atoms. The van der Waals surface area contributed by atoms with Crippen LogP contribution in [-0.4, -0.2) is 68.4 Å². The van der Waals surface area contributed by atoms with Crippen LogP contribution in [0.15, 0.2) is 0 Å². The summed E-state index contributed by atoms with van der Waals surface area (Å²) in [5.41, 5.74) is 10.1. The summed E-state index contributed by atoms with van der Waals surface area (Å²) >= 11 is 4.70. The van der Waals surface area contributed by atoms with E-state index in [-0.39, 0.29) is 39.6 Å². The summed E-state index contributed by atoms with van der Waals surface area (Å²) in [6, 6.07) is 0. The Morgan fingerprint density at radius 3 is 1.71 bits per heavy atom. The van der Waals surface area contributed by atoms with E-state index in [2.05, 4.69) is 23.1 Å². The van der Waals surface area contributed by atoms with E-state index in [1.54, 1.807) is 0 Å². The molecule has 8 nitrogen and oxygen atoms in total. The second kappa shape index (κ2) is 18.4. The first kappa shape index (κ1) is 30.9. The molecule has 9 heteroatoms. The van der Waals surface area contributed by atoms with Crippen molar-refractivity contribution in [1.82, 2.24) is 5.32 Å². The maximum Gasteiger partial charge on any atom is 0.407 e. The van der Waals surface area contributed by atoms with Gasteiger partial charge in [0.1, 0.15) is 25.4 Å². The molecule has 0 aromatic rings. The summed E-state index contributed by atoms with van der Waals surface area (Å²) in [5.74, 6) is 7.05. The molecule has 0 saturated heterocycles. The summed E-state index contributed by atoms with van der Waals surface area (Å²) in [6.07, 6.45) is 16.2. The number of carbonyl (C=O) groups is 1. The van der Waals surface area contributed by atoms with E-state index >= 15 is 0 Å². The van der Waals surface area contributed by atoms with Crippen LogP contribution in [-0.2, 0) is 18.9 Å². The second-order valence-electron chi connectivity index (χ2n) is 7.45. The third kappa shape index (κ3) is 23.8. The fourth-order valence-corrected chi connectivity index (χ4v) is 1.98. The monoisotopic (exact) mass is 453 g/mol. The lowest BCUT2D eigenvalue weighted by atomic mass is 10.1. The Morgan fingerprint density at radius 2 is 1.39 bits per heavy atom. The van der Waals surface area contributed by atoms with E-state index < -0.39 is 17.2 Å².